The number of rotatable bonds is 4. The Kier molecular flexibility index (Phi) is 3.94. The lowest BCUT2D eigenvalue weighted by molar-refractivity contribution is -0.142. The van der Waals surface area contributed by atoms with E-state index in [0.29, 0.717) is 5.82 Å². The number of para-hydroxylation sites is 1. The first-order chi connectivity index (χ1) is 9.13. The van der Waals surface area contributed by atoms with Crippen LogP contribution in [0.15, 0.2) is 30.6 Å². The molecule has 0 aliphatic rings. The maximum absolute atomic E-state index is 11.8. The van der Waals surface area contributed by atoms with Crippen molar-refractivity contribution < 1.29 is 9.53 Å². The number of fused-ring (bicyclic) bond motifs is 1. The van der Waals surface area contributed by atoms with Gasteiger partial charge in [-0.1, -0.05) is 26.0 Å². The minimum absolute atomic E-state index is 0.0983. The van der Waals surface area contributed by atoms with Gasteiger partial charge in [0.25, 0.3) is 0 Å². The van der Waals surface area contributed by atoms with Crippen LogP contribution in [0.5, 0.6) is 0 Å². The molecule has 2 aromatic rings. The van der Waals surface area contributed by atoms with E-state index in [4.69, 9.17) is 4.74 Å². The predicted octanol–water partition coefficient (Wildman–Crippen LogP) is 2.24. The van der Waals surface area contributed by atoms with Crippen LogP contribution in [0.4, 0.5) is 5.82 Å². The average Bonchev–Trinajstić information content (AvgIpc) is 2.43. The van der Waals surface area contributed by atoms with Crippen LogP contribution < -0.4 is 5.32 Å². The fourth-order valence-electron chi connectivity index (χ4n) is 1.89. The first kappa shape index (κ1) is 13.3. The minimum Gasteiger partial charge on any atom is -0.467 e. The number of aromatic nitrogens is 2. The molecule has 5 heteroatoms. The minimum atomic E-state index is -0.427. The molecule has 0 aliphatic carbocycles. The van der Waals surface area contributed by atoms with E-state index in [9.17, 15) is 4.79 Å². The van der Waals surface area contributed by atoms with Gasteiger partial charge in [0, 0.05) is 5.39 Å². The molecule has 1 unspecified atom stereocenters. The molecule has 1 heterocycles. The molecule has 0 fully saturated rings. The number of methoxy groups -OCH3 is 1. The van der Waals surface area contributed by atoms with Gasteiger partial charge >= 0.3 is 5.97 Å². The van der Waals surface area contributed by atoms with Gasteiger partial charge < -0.3 is 10.1 Å². The molecule has 0 radical (unpaired) electrons. The zero-order chi connectivity index (χ0) is 13.8. The lowest BCUT2D eigenvalue weighted by Gasteiger charge is -2.20. The summed E-state index contributed by atoms with van der Waals surface area (Å²) in [5.41, 5.74) is 0.840. The van der Waals surface area contributed by atoms with Gasteiger partial charge in [-0.15, -0.1) is 0 Å². The van der Waals surface area contributed by atoms with Gasteiger partial charge in [-0.3, -0.25) is 0 Å². The summed E-state index contributed by atoms with van der Waals surface area (Å²) in [6, 6.07) is 7.23. The Hall–Kier alpha value is -2.17. The molecular formula is C14H17N3O2. The number of anilines is 1. The highest BCUT2D eigenvalue weighted by atomic mass is 16.5. The lowest BCUT2D eigenvalue weighted by atomic mass is 10.0. The Bertz CT molecular complexity index is 578. The van der Waals surface area contributed by atoms with Crippen molar-refractivity contribution in [3.05, 3.63) is 30.6 Å². The van der Waals surface area contributed by atoms with Gasteiger partial charge in [0.2, 0.25) is 0 Å². The van der Waals surface area contributed by atoms with Crippen molar-refractivity contribution in [2.24, 2.45) is 5.92 Å². The molecule has 0 aliphatic heterocycles. The van der Waals surface area contributed by atoms with Gasteiger partial charge in [-0.25, -0.2) is 14.8 Å². The summed E-state index contributed by atoms with van der Waals surface area (Å²) >= 11 is 0. The molecule has 1 aromatic carbocycles. The molecule has 1 atom stereocenters. The molecule has 0 spiro atoms. The third-order valence-electron chi connectivity index (χ3n) is 2.96. The van der Waals surface area contributed by atoms with Crippen molar-refractivity contribution in [1.29, 1.82) is 0 Å². The molecule has 19 heavy (non-hydrogen) atoms. The number of carbonyl (C=O) groups is 1. The Balaban J connectivity index is 2.36. The van der Waals surface area contributed by atoms with E-state index >= 15 is 0 Å². The number of hydrogen-bond donors (Lipinski definition) is 1. The van der Waals surface area contributed by atoms with Crippen molar-refractivity contribution in [3.63, 3.8) is 0 Å². The summed E-state index contributed by atoms with van der Waals surface area (Å²) in [6.07, 6.45) is 1.49. The summed E-state index contributed by atoms with van der Waals surface area (Å²) in [5.74, 6) is 0.452. The highest BCUT2D eigenvalue weighted by Crippen LogP contribution is 2.20. The van der Waals surface area contributed by atoms with Crippen molar-refractivity contribution in [1.82, 2.24) is 9.97 Å². The van der Waals surface area contributed by atoms with Crippen molar-refractivity contribution in [2.45, 2.75) is 19.9 Å². The van der Waals surface area contributed by atoms with Gasteiger partial charge in [0.05, 0.1) is 12.6 Å². The normalized spacial score (nSPS) is 12.4. The fraction of sp³-hybridized carbons (Fsp3) is 0.357. The second-order valence-corrected chi connectivity index (χ2v) is 4.63. The van der Waals surface area contributed by atoms with Gasteiger partial charge in [0.1, 0.15) is 18.2 Å². The summed E-state index contributed by atoms with van der Waals surface area (Å²) in [6.45, 7) is 3.91. The Labute approximate surface area is 112 Å². The molecule has 1 aromatic heterocycles. The SMILES string of the molecule is COC(=O)C(Nc1ncnc2ccccc12)C(C)C. The van der Waals surface area contributed by atoms with Crippen molar-refractivity contribution in [2.75, 3.05) is 12.4 Å². The maximum Gasteiger partial charge on any atom is 0.328 e. The highest BCUT2D eigenvalue weighted by Gasteiger charge is 2.23. The summed E-state index contributed by atoms with van der Waals surface area (Å²) < 4.78 is 4.81. The number of carbonyl (C=O) groups excluding carboxylic acids is 1. The van der Waals surface area contributed by atoms with E-state index in [2.05, 4.69) is 15.3 Å². The molecular weight excluding hydrogens is 242 g/mol. The quantitative estimate of drug-likeness (QED) is 0.853. The largest absolute Gasteiger partial charge is 0.467 e. The third kappa shape index (κ3) is 2.81. The number of benzene rings is 1. The molecule has 2 rings (SSSR count). The number of nitrogens with one attached hydrogen (secondary N) is 1. The van der Waals surface area contributed by atoms with E-state index in [1.165, 1.54) is 13.4 Å². The van der Waals surface area contributed by atoms with E-state index < -0.39 is 6.04 Å². The zero-order valence-corrected chi connectivity index (χ0v) is 11.3. The van der Waals surface area contributed by atoms with Crippen LogP contribution in [0, 0.1) is 5.92 Å². The van der Waals surface area contributed by atoms with E-state index in [0.717, 1.165) is 10.9 Å². The topological polar surface area (TPSA) is 64.1 Å². The summed E-state index contributed by atoms with van der Waals surface area (Å²) in [4.78, 5) is 20.2. The third-order valence-corrected chi connectivity index (χ3v) is 2.96. The van der Waals surface area contributed by atoms with Gasteiger partial charge in [-0.2, -0.15) is 0 Å². The van der Waals surface area contributed by atoms with Crippen LogP contribution in [-0.4, -0.2) is 29.1 Å². The van der Waals surface area contributed by atoms with Gasteiger partial charge in [-0.05, 0) is 18.1 Å². The van der Waals surface area contributed by atoms with Crippen molar-refractivity contribution >= 4 is 22.7 Å². The summed E-state index contributed by atoms with van der Waals surface area (Å²) in [7, 11) is 1.39. The van der Waals surface area contributed by atoms with Crippen LogP contribution in [0.3, 0.4) is 0 Å². The molecule has 100 valence electrons. The smallest absolute Gasteiger partial charge is 0.328 e. The molecule has 0 bridgehead atoms. The average molecular weight is 259 g/mol. The first-order valence-electron chi connectivity index (χ1n) is 6.17. The molecule has 0 saturated heterocycles. The molecule has 5 nitrogen and oxygen atoms in total. The van der Waals surface area contributed by atoms with Gasteiger partial charge in [0.15, 0.2) is 0 Å². The summed E-state index contributed by atoms with van der Waals surface area (Å²) in [5, 5.41) is 4.03. The number of nitrogens with zero attached hydrogens (tertiary/aromatic N) is 2. The van der Waals surface area contributed by atoms with E-state index in [1.807, 2.05) is 38.1 Å². The molecule has 0 amide bonds. The Morgan fingerprint density at radius 2 is 2.00 bits per heavy atom. The maximum atomic E-state index is 11.8. The molecule has 1 N–H and O–H groups in total. The molecule has 0 saturated carbocycles. The van der Waals surface area contributed by atoms with Crippen LogP contribution in [-0.2, 0) is 9.53 Å². The standard InChI is InChI=1S/C14H17N3O2/c1-9(2)12(14(18)19-3)17-13-10-6-4-5-7-11(10)15-8-16-13/h4-9,12H,1-3H3,(H,15,16,17). The Morgan fingerprint density at radius 1 is 1.26 bits per heavy atom. The number of esters is 1. The van der Waals surface area contributed by atoms with Crippen LogP contribution in [0.1, 0.15) is 13.8 Å². The monoisotopic (exact) mass is 259 g/mol. The Morgan fingerprint density at radius 3 is 2.68 bits per heavy atom. The van der Waals surface area contributed by atoms with Crippen LogP contribution >= 0.6 is 0 Å². The van der Waals surface area contributed by atoms with E-state index in [1.54, 1.807) is 0 Å². The number of ether oxygens (including phenoxy) is 1. The van der Waals surface area contributed by atoms with Crippen LogP contribution in [0.2, 0.25) is 0 Å². The number of hydrogen-bond acceptors (Lipinski definition) is 5. The second kappa shape index (κ2) is 5.65. The lowest BCUT2D eigenvalue weighted by Crippen LogP contribution is -2.35. The predicted molar refractivity (Wildman–Crippen MR) is 73.8 cm³/mol. The first-order valence-corrected chi connectivity index (χ1v) is 6.17. The zero-order valence-electron chi connectivity index (χ0n) is 11.3. The highest BCUT2D eigenvalue weighted by molar-refractivity contribution is 5.90. The second-order valence-electron chi connectivity index (χ2n) is 4.63. The van der Waals surface area contributed by atoms with Crippen LogP contribution in [0.25, 0.3) is 10.9 Å². The fourth-order valence-corrected chi connectivity index (χ4v) is 1.89. The van der Waals surface area contributed by atoms with E-state index in [-0.39, 0.29) is 11.9 Å². The van der Waals surface area contributed by atoms with Crippen molar-refractivity contribution in [3.8, 4) is 0 Å².